The van der Waals surface area contributed by atoms with E-state index in [0.29, 0.717) is 67.5 Å². The molecule has 0 bridgehead atoms. The summed E-state index contributed by atoms with van der Waals surface area (Å²) in [4.78, 5) is 24.0. The summed E-state index contributed by atoms with van der Waals surface area (Å²) in [7, 11) is 0. The number of likely N-dealkylation sites (tertiary alicyclic amines) is 1. The number of aryl methyl sites for hydroxylation is 1. The third-order valence-electron chi connectivity index (χ3n) is 8.44. The van der Waals surface area contributed by atoms with Gasteiger partial charge in [-0.2, -0.15) is 0 Å². The second kappa shape index (κ2) is 10.8. The summed E-state index contributed by atoms with van der Waals surface area (Å²) in [5, 5.41) is 0. The molecule has 2 atom stereocenters. The predicted molar refractivity (Wildman–Crippen MR) is 147 cm³/mol. The minimum atomic E-state index is -0.298. The number of nitrogens with zero attached hydrogens (tertiary/aromatic N) is 4. The number of rotatable bonds is 8. The van der Waals surface area contributed by atoms with Crippen molar-refractivity contribution in [2.24, 2.45) is 17.8 Å². The van der Waals surface area contributed by atoms with Crippen LogP contribution in [0.15, 0.2) is 67.0 Å². The van der Waals surface area contributed by atoms with Crippen LogP contribution in [0.4, 0.5) is 15.8 Å². The van der Waals surface area contributed by atoms with Crippen LogP contribution >= 0.6 is 0 Å². The van der Waals surface area contributed by atoms with E-state index in [2.05, 4.69) is 41.1 Å². The van der Waals surface area contributed by atoms with Crippen LogP contribution in [0.1, 0.15) is 28.4 Å². The summed E-state index contributed by atoms with van der Waals surface area (Å²) in [6.07, 6.45) is 4.32. The predicted octanol–water partition coefficient (Wildman–Crippen LogP) is 4.64. The summed E-state index contributed by atoms with van der Waals surface area (Å²) < 4.78 is 20.7. The Morgan fingerprint density at radius 3 is 2.34 bits per heavy atom. The zero-order valence-electron chi connectivity index (χ0n) is 21.9. The number of carbonyl (C=O) groups excluding carboxylic acids is 1. The van der Waals surface area contributed by atoms with Gasteiger partial charge in [0.05, 0.1) is 18.9 Å². The number of pyridine rings is 1. The number of aromatic nitrogens is 1. The average Bonchev–Trinajstić information content (AvgIpc) is 3.41. The van der Waals surface area contributed by atoms with E-state index in [4.69, 9.17) is 4.74 Å². The molecule has 3 aliphatic rings. The number of hydrogen-bond donors (Lipinski definition) is 0. The first-order valence-electron chi connectivity index (χ1n) is 13.7. The molecule has 1 saturated carbocycles. The number of amides is 1. The van der Waals surface area contributed by atoms with Crippen LogP contribution in [-0.2, 0) is 17.7 Å². The zero-order valence-corrected chi connectivity index (χ0v) is 21.9. The molecule has 1 aliphatic carbocycles. The van der Waals surface area contributed by atoms with Gasteiger partial charge in [-0.25, -0.2) is 4.39 Å². The number of fused-ring (bicyclic) bond motifs is 1. The molecule has 0 radical (unpaired) electrons. The first-order chi connectivity index (χ1) is 18.6. The van der Waals surface area contributed by atoms with Gasteiger partial charge in [0.25, 0.3) is 5.91 Å². The number of carbonyl (C=O) groups is 1. The lowest BCUT2D eigenvalue weighted by molar-refractivity contribution is 0.0984. The van der Waals surface area contributed by atoms with Crippen LogP contribution in [0, 0.1) is 23.6 Å². The number of anilines is 2. The standard InChI is InChI=1S/C31H35FN4O2/c1-2-22-3-5-23(6-4-22)18-34-19-26-27(20-34)28(26)21-36(31(37)24-9-11-33-12-10-24)25-7-8-30(29(32)17-25)35-13-15-38-16-14-35/h3-12,17,26-28H,2,13-16,18-21H2,1H3. The van der Waals surface area contributed by atoms with Gasteiger partial charge in [-0.3, -0.25) is 14.7 Å². The SMILES string of the molecule is CCc1ccc(CN2CC3C(C2)C3CN(C(=O)c2ccncc2)c2ccc(N3CCOCC3)c(F)c2)cc1. The fraction of sp³-hybridized carbons (Fsp3) is 0.419. The molecular weight excluding hydrogens is 479 g/mol. The maximum absolute atomic E-state index is 15.3. The molecule has 2 aliphatic heterocycles. The number of piperidine rings is 1. The third kappa shape index (κ3) is 5.18. The Kier molecular flexibility index (Phi) is 7.13. The van der Waals surface area contributed by atoms with Crippen LogP contribution < -0.4 is 9.80 Å². The van der Waals surface area contributed by atoms with Gasteiger partial charge in [-0.15, -0.1) is 0 Å². The van der Waals surface area contributed by atoms with Crippen molar-refractivity contribution < 1.29 is 13.9 Å². The van der Waals surface area contributed by atoms with Crippen molar-refractivity contribution in [3.8, 4) is 0 Å². The second-order valence-electron chi connectivity index (χ2n) is 10.7. The molecule has 6 rings (SSSR count). The highest BCUT2D eigenvalue weighted by Crippen LogP contribution is 2.52. The number of hydrogen-bond acceptors (Lipinski definition) is 5. The summed E-state index contributed by atoms with van der Waals surface area (Å²) in [5.41, 5.74) is 4.47. The van der Waals surface area contributed by atoms with Crippen LogP contribution in [0.25, 0.3) is 0 Å². The molecule has 0 spiro atoms. The number of halogens is 1. The molecular formula is C31H35FN4O2. The van der Waals surface area contributed by atoms with Gasteiger partial charge in [0.15, 0.2) is 0 Å². The van der Waals surface area contributed by atoms with Gasteiger partial charge in [0.1, 0.15) is 5.82 Å². The Labute approximate surface area is 224 Å². The monoisotopic (exact) mass is 514 g/mol. The molecule has 3 heterocycles. The molecule has 3 aromatic rings. The topological polar surface area (TPSA) is 48.9 Å². The highest BCUT2D eigenvalue weighted by atomic mass is 19.1. The maximum atomic E-state index is 15.3. The van der Waals surface area contributed by atoms with Gasteiger partial charge in [0.2, 0.25) is 0 Å². The van der Waals surface area contributed by atoms with Gasteiger partial charge >= 0.3 is 0 Å². The van der Waals surface area contributed by atoms with Crippen molar-refractivity contribution in [3.63, 3.8) is 0 Å². The summed E-state index contributed by atoms with van der Waals surface area (Å²) in [6, 6.07) is 17.6. The average molecular weight is 515 g/mol. The van der Waals surface area contributed by atoms with E-state index in [0.717, 1.165) is 26.1 Å². The van der Waals surface area contributed by atoms with E-state index >= 15 is 4.39 Å². The zero-order chi connectivity index (χ0) is 26.1. The molecule has 6 nitrogen and oxygen atoms in total. The molecule has 0 N–H and O–H groups in total. The fourth-order valence-corrected chi connectivity index (χ4v) is 6.17. The van der Waals surface area contributed by atoms with Crippen molar-refractivity contribution >= 4 is 17.3 Å². The number of benzene rings is 2. The van der Waals surface area contributed by atoms with Crippen LogP contribution in [0.3, 0.4) is 0 Å². The van der Waals surface area contributed by atoms with Gasteiger partial charge in [-0.1, -0.05) is 31.2 Å². The van der Waals surface area contributed by atoms with E-state index < -0.39 is 0 Å². The Hall–Kier alpha value is -3.29. The van der Waals surface area contributed by atoms with Crippen LogP contribution in [-0.4, -0.2) is 61.7 Å². The lowest BCUT2D eigenvalue weighted by atomic mass is 10.1. The lowest BCUT2D eigenvalue weighted by Crippen LogP contribution is -2.37. The third-order valence-corrected chi connectivity index (χ3v) is 8.44. The van der Waals surface area contributed by atoms with Gasteiger partial charge in [-0.05, 0) is 65.6 Å². The lowest BCUT2D eigenvalue weighted by Gasteiger charge is -2.30. The molecule has 38 heavy (non-hydrogen) atoms. The minimum absolute atomic E-state index is 0.108. The largest absolute Gasteiger partial charge is 0.378 e. The van der Waals surface area contributed by atoms with E-state index in [1.165, 1.54) is 17.2 Å². The highest BCUT2D eigenvalue weighted by Gasteiger charge is 2.56. The van der Waals surface area contributed by atoms with Crippen molar-refractivity contribution in [1.82, 2.24) is 9.88 Å². The van der Waals surface area contributed by atoms with Gasteiger partial charge in [0, 0.05) is 62.9 Å². The molecule has 2 saturated heterocycles. The Balaban J connectivity index is 1.16. The van der Waals surface area contributed by atoms with E-state index in [-0.39, 0.29) is 11.7 Å². The normalized spacial score (nSPS) is 22.8. The first-order valence-corrected chi connectivity index (χ1v) is 13.7. The van der Waals surface area contributed by atoms with Crippen molar-refractivity contribution in [2.75, 3.05) is 55.7 Å². The Bertz CT molecular complexity index is 1250. The maximum Gasteiger partial charge on any atom is 0.258 e. The first kappa shape index (κ1) is 25.0. The van der Waals surface area contributed by atoms with Crippen LogP contribution in [0.5, 0.6) is 0 Å². The summed E-state index contributed by atoms with van der Waals surface area (Å²) >= 11 is 0. The number of ether oxygens (including phenoxy) is 1. The number of morpholine rings is 1. The summed E-state index contributed by atoms with van der Waals surface area (Å²) in [6.45, 7) is 8.38. The van der Waals surface area contributed by atoms with E-state index in [1.54, 1.807) is 29.4 Å². The molecule has 198 valence electrons. The Morgan fingerprint density at radius 1 is 1.00 bits per heavy atom. The quantitative estimate of drug-likeness (QED) is 0.438. The highest BCUT2D eigenvalue weighted by molar-refractivity contribution is 6.06. The van der Waals surface area contributed by atoms with Crippen LogP contribution in [0.2, 0.25) is 0 Å². The van der Waals surface area contributed by atoms with Crippen molar-refractivity contribution in [1.29, 1.82) is 0 Å². The van der Waals surface area contributed by atoms with E-state index in [9.17, 15) is 4.79 Å². The molecule has 1 amide bonds. The summed E-state index contributed by atoms with van der Waals surface area (Å²) in [5.74, 6) is 1.18. The van der Waals surface area contributed by atoms with Crippen molar-refractivity contribution in [3.05, 3.63) is 89.5 Å². The fourth-order valence-electron chi connectivity index (χ4n) is 6.17. The second-order valence-corrected chi connectivity index (χ2v) is 10.7. The van der Waals surface area contributed by atoms with Crippen molar-refractivity contribution in [2.45, 2.75) is 19.9 Å². The Morgan fingerprint density at radius 2 is 1.68 bits per heavy atom. The minimum Gasteiger partial charge on any atom is -0.378 e. The van der Waals surface area contributed by atoms with Gasteiger partial charge < -0.3 is 14.5 Å². The molecule has 7 heteroatoms. The molecule has 1 aromatic heterocycles. The molecule has 2 unspecified atom stereocenters. The molecule has 2 aromatic carbocycles. The van der Waals surface area contributed by atoms with E-state index in [1.807, 2.05) is 17.0 Å². The molecule has 3 fully saturated rings. The smallest absolute Gasteiger partial charge is 0.258 e.